The van der Waals surface area contributed by atoms with E-state index in [-0.39, 0.29) is 6.03 Å². The maximum Gasteiger partial charge on any atom is 0.321 e. The topological polar surface area (TPSA) is 50.8 Å². The van der Waals surface area contributed by atoms with Crippen LogP contribution in [0.2, 0.25) is 0 Å². The highest BCUT2D eigenvalue weighted by Gasteiger charge is 2.16. The van der Waals surface area contributed by atoms with Crippen LogP contribution in [0.5, 0.6) is 5.75 Å². The molecule has 0 aliphatic carbocycles. The zero-order chi connectivity index (χ0) is 19.1. The van der Waals surface area contributed by atoms with E-state index in [1.165, 1.54) is 0 Å². The van der Waals surface area contributed by atoms with Gasteiger partial charge in [-0.25, -0.2) is 4.79 Å². The largest absolute Gasteiger partial charge is 0.497 e. The summed E-state index contributed by atoms with van der Waals surface area (Å²) in [6.07, 6.45) is 3.23. The summed E-state index contributed by atoms with van der Waals surface area (Å²) < 4.78 is 10.7. The number of rotatable bonds is 6. The molecule has 1 aliphatic rings. The number of benzene rings is 2. The maximum atomic E-state index is 12.4. The summed E-state index contributed by atoms with van der Waals surface area (Å²) in [6, 6.07) is 15.7. The monoisotopic (exact) mass is 368 g/mol. The van der Waals surface area contributed by atoms with Crippen LogP contribution in [0.15, 0.2) is 48.5 Å². The molecule has 0 radical (unpaired) electrons. The van der Waals surface area contributed by atoms with Gasteiger partial charge in [0.25, 0.3) is 0 Å². The third-order valence-electron chi connectivity index (χ3n) is 5.10. The number of ether oxygens (including phenoxy) is 2. The Morgan fingerprint density at radius 2 is 1.89 bits per heavy atom. The Morgan fingerprint density at radius 1 is 1.15 bits per heavy atom. The summed E-state index contributed by atoms with van der Waals surface area (Å²) in [4.78, 5) is 14.2. The second kappa shape index (κ2) is 9.42. The number of anilines is 1. The van der Waals surface area contributed by atoms with E-state index in [0.717, 1.165) is 61.6 Å². The minimum absolute atomic E-state index is 0.0730. The van der Waals surface area contributed by atoms with E-state index in [4.69, 9.17) is 9.47 Å². The molecular formula is C22H28N2O3. The Bertz CT molecular complexity index is 739. The fraction of sp³-hybridized carbons (Fsp3) is 0.409. The van der Waals surface area contributed by atoms with Crippen molar-refractivity contribution in [1.82, 2.24) is 4.90 Å². The molecule has 2 amide bonds. The van der Waals surface area contributed by atoms with Crippen LogP contribution in [0.4, 0.5) is 10.5 Å². The first kappa shape index (κ1) is 19.2. The molecule has 3 rings (SSSR count). The van der Waals surface area contributed by atoms with Crippen molar-refractivity contribution in [2.75, 3.05) is 39.2 Å². The van der Waals surface area contributed by atoms with Crippen LogP contribution >= 0.6 is 0 Å². The molecule has 1 saturated heterocycles. The van der Waals surface area contributed by atoms with Gasteiger partial charge >= 0.3 is 6.03 Å². The van der Waals surface area contributed by atoms with Crippen molar-refractivity contribution in [2.24, 2.45) is 5.92 Å². The molecule has 1 N–H and O–H groups in total. The number of urea groups is 1. The molecule has 0 atom stereocenters. The standard InChI is InChI=1S/C22H28N2O3/c1-24(13-10-17-11-14-27-15-12-17)22(25)23-20-8-6-18(7-9-20)19-4-3-5-21(16-19)26-2/h3-9,16-17H,10-15H2,1-2H3,(H,23,25). The van der Waals surface area contributed by atoms with E-state index >= 15 is 0 Å². The minimum atomic E-state index is -0.0730. The van der Waals surface area contributed by atoms with Crippen molar-refractivity contribution >= 4 is 11.7 Å². The molecular weight excluding hydrogens is 340 g/mol. The number of hydrogen-bond acceptors (Lipinski definition) is 3. The van der Waals surface area contributed by atoms with Gasteiger partial charge in [-0.3, -0.25) is 0 Å². The van der Waals surface area contributed by atoms with E-state index < -0.39 is 0 Å². The number of methoxy groups -OCH3 is 1. The molecule has 27 heavy (non-hydrogen) atoms. The molecule has 0 saturated carbocycles. The second-order valence-corrected chi connectivity index (χ2v) is 7.01. The first-order chi connectivity index (χ1) is 13.2. The van der Waals surface area contributed by atoms with Gasteiger partial charge in [0.1, 0.15) is 5.75 Å². The fourth-order valence-corrected chi connectivity index (χ4v) is 3.28. The number of carbonyl (C=O) groups excluding carboxylic acids is 1. The van der Waals surface area contributed by atoms with Crippen LogP contribution in [0, 0.1) is 5.92 Å². The molecule has 1 fully saturated rings. The number of nitrogens with zero attached hydrogens (tertiary/aromatic N) is 1. The van der Waals surface area contributed by atoms with Gasteiger partial charge < -0.3 is 19.7 Å². The van der Waals surface area contributed by atoms with Crippen LogP contribution in [0.25, 0.3) is 11.1 Å². The smallest absolute Gasteiger partial charge is 0.321 e. The SMILES string of the molecule is COc1cccc(-c2ccc(NC(=O)N(C)CCC3CCOCC3)cc2)c1. The lowest BCUT2D eigenvalue weighted by Gasteiger charge is -2.25. The molecule has 2 aromatic rings. The van der Waals surface area contributed by atoms with Crippen LogP contribution in [0.1, 0.15) is 19.3 Å². The summed E-state index contributed by atoms with van der Waals surface area (Å²) in [5.74, 6) is 1.49. The third-order valence-corrected chi connectivity index (χ3v) is 5.10. The normalized spacial score (nSPS) is 14.6. The third kappa shape index (κ3) is 5.47. The number of amides is 2. The Balaban J connectivity index is 1.53. The fourth-order valence-electron chi connectivity index (χ4n) is 3.28. The van der Waals surface area contributed by atoms with Crippen LogP contribution in [-0.2, 0) is 4.74 Å². The van der Waals surface area contributed by atoms with Crippen LogP contribution in [0.3, 0.4) is 0 Å². The Hall–Kier alpha value is -2.53. The molecule has 0 spiro atoms. The average Bonchev–Trinajstić information content (AvgIpc) is 2.73. The average molecular weight is 368 g/mol. The highest BCUT2D eigenvalue weighted by Crippen LogP contribution is 2.25. The number of carbonyl (C=O) groups is 1. The van der Waals surface area contributed by atoms with Gasteiger partial charge in [0.2, 0.25) is 0 Å². The van der Waals surface area contributed by atoms with Crippen LogP contribution < -0.4 is 10.1 Å². The van der Waals surface area contributed by atoms with Crippen molar-refractivity contribution in [3.05, 3.63) is 48.5 Å². The van der Waals surface area contributed by atoms with Gasteiger partial charge in [0, 0.05) is 32.5 Å². The maximum absolute atomic E-state index is 12.4. The van der Waals surface area contributed by atoms with Crippen LogP contribution in [-0.4, -0.2) is 44.8 Å². The molecule has 0 bridgehead atoms. The van der Waals surface area contributed by atoms with Gasteiger partial charge in [-0.1, -0.05) is 24.3 Å². The number of nitrogens with one attached hydrogen (secondary N) is 1. The highest BCUT2D eigenvalue weighted by atomic mass is 16.5. The van der Waals surface area contributed by atoms with Crippen molar-refractivity contribution in [1.29, 1.82) is 0 Å². The summed E-state index contributed by atoms with van der Waals surface area (Å²) in [6.45, 7) is 2.46. The molecule has 5 heteroatoms. The van der Waals surface area contributed by atoms with E-state index in [9.17, 15) is 4.79 Å². The molecule has 144 valence electrons. The van der Waals surface area contributed by atoms with Gasteiger partial charge in [-0.2, -0.15) is 0 Å². The highest BCUT2D eigenvalue weighted by molar-refractivity contribution is 5.89. The van der Waals surface area contributed by atoms with Crippen molar-refractivity contribution < 1.29 is 14.3 Å². The predicted molar refractivity (Wildman–Crippen MR) is 108 cm³/mol. The number of hydrogen-bond donors (Lipinski definition) is 1. The van der Waals surface area contributed by atoms with Gasteiger partial charge in [0.15, 0.2) is 0 Å². The van der Waals surface area contributed by atoms with E-state index in [1.54, 1.807) is 12.0 Å². The van der Waals surface area contributed by atoms with Gasteiger partial charge in [-0.15, -0.1) is 0 Å². The summed E-state index contributed by atoms with van der Waals surface area (Å²) in [7, 11) is 3.51. The molecule has 1 heterocycles. The molecule has 1 aliphatic heterocycles. The summed E-state index contributed by atoms with van der Waals surface area (Å²) in [5.41, 5.74) is 2.96. The summed E-state index contributed by atoms with van der Waals surface area (Å²) in [5, 5.41) is 2.97. The van der Waals surface area contributed by atoms with Crippen molar-refractivity contribution in [2.45, 2.75) is 19.3 Å². The second-order valence-electron chi connectivity index (χ2n) is 7.01. The Labute approximate surface area is 161 Å². The lowest BCUT2D eigenvalue weighted by molar-refractivity contribution is 0.0621. The molecule has 0 aromatic heterocycles. The summed E-state index contributed by atoms with van der Waals surface area (Å²) >= 11 is 0. The zero-order valence-corrected chi connectivity index (χ0v) is 16.1. The lowest BCUT2D eigenvalue weighted by atomic mass is 9.96. The lowest BCUT2D eigenvalue weighted by Crippen LogP contribution is -2.33. The molecule has 5 nitrogen and oxygen atoms in total. The van der Waals surface area contributed by atoms with Gasteiger partial charge in [-0.05, 0) is 60.6 Å². The first-order valence-electron chi connectivity index (χ1n) is 9.50. The minimum Gasteiger partial charge on any atom is -0.497 e. The predicted octanol–water partition coefficient (Wildman–Crippen LogP) is 4.64. The molecule has 2 aromatic carbocycles. The Morgan fingerprint density at radius 3 is 2.59 bits per heavy atom. The molecule has 0 unspecified atom stereocenters. The van der Waals surface area contributed by atoms with Crippen molar-refractivity contribution in [3.63, 3.8) is 0 Å². The van der Waals surface area contributed by atoms with Crippen molar-refractivity contribution in [3.8, 4) is 16.9 Å². The quantitative estimate of drug-likeness (QED) is 0.808. The van der Waals surface area contributed by atoms with E-state index in [0.29, 0.717) is 5.92 Å². The Kier molecular flexibility index (Phi) is 6.71. The van der Waals surface area contributed by atoms with E-state index in [2.05, 4.69) is 5.32 Å². The first-order valence-corrected chi connectivity index (χ1v) is 9.50. The van der Waals surface area contributed by atoms with Gasteiger partial charge in [0.05, 0.1) is 7.11 Å². The van der Waals surface area contributed by atoms with E-state index in [1.807, 2.05) is 55.6 Å². The zero-order valence-electron chi connectivity index (χ0n) is 16.1.